The number of likely N-dealkylation sites (N-methyl/N-ethyl adjacent to an activating group) is 1. The Labute approximate surface area is 115 Å². The van der Waals surface area contributed by atoms with Crippen LogP contribution in [0.15, 0.2) is 0 Å². The number of hydrogen-bond acceptors (Lipinski definition) is 3. The summed E-state index contributed by atoms with van der Waals surface area (Å²) >= 11 is 0. The maximum Gasteiger partial charge on any atom is 0.412 e. The van der Waals surface area contributed by atoms with Crippen molar-refractivity contribution in [2.45, 2.75) is 76.8 Å². The van der Waals surface area contributed by atoms with Crippen LogP contribution in [-0.4, -0.2) is 45.0 Å². The van der Waals surface area contributed by atoms with Gasteiger partial charge in [-0.2, -0.15) is 0 Å². The highest BCUT2D eigenvalue weighted by Gasteiger charge is 2.67. The van der Waals surface area contributed by atoms with E-state index in [1.807, 2.05) is 6.92 Å². The standard InChI is InChI=1S/C14H26N2O3/c1-7-16-10(17)19-14(13(16,6)18)8-11(2,3)15-12(4,5)9-14/h15,18H,7-9H2,1-6H3/p+1. The summed E-state index contributed by atoms with van der Waals surface area (Å²) in [5.74, 6) is 0. The Morgan fingerprint density at radius 2 is 1.68 bits per heavy atom. The number of nitrogens with two attached hydrogens (primary N) is 1. The van der Waals surface area contributed by atoms with E-state index in [-0.39, 0.29) is 11.1 Å². The molecule has 2 aliphatic rings. The minimum Gasteiger partial charge on any atom is -0.437 e. The Kier molecular flexibility index (Phi) is 2.96. The maximum atomic E-state index is 12.0. The number of ether oxygens (including phenoxy) is 1. The van der Waals surface area contributed by atoms with Crippen LogP contribution in [0.2, 0.25) is 0 Å². The number of amides is 1. The minimum atomic E-state index is -1.25. The van der Waals surface area contributed by atoms with Crippen molar-refractivity contribution in [3.8, 4) is 0 Å². The van der Waals surface area contributed by atoms with Crippen LogP contribution in [0.4, 0.5) is 4.79 Å². The smallest absolute Gasteiger partial charge is 0.412 e. The Morgan fingerprint density at radius 3 is 2.05 bits per heavy atom. The average Bonchev–Trinajstić information content (AvgIpc) is 2.27. The van der Waals surface area contributed by atoms with Gasteiger partial charge in [-0.1, -0.05) is 0 Å². The van der Waals surface area contributed by atoms with E-state index in [9.17, 15) is 9.90 Å². The SMILES string of the molecule is CCN1C(=O)OC2(CC(C)(C)[NH2+]C(C)(C)C2)C1(C)O. The van der Waals surface area contributed by atoms with E-state index in [0.717, 1.165) is 0 Å². The first kappa shape index (κ1) is 14.6. The van der Waals surface area contributed by atoms with Crippen LogP contribution in [0.1, 0.15) is 54.4 Å². The first-order valence-corrected chi connectivity index (χ1v) is 7.05. The van der Waals surface area contributed by atoms with Crippen molar-refractivity contribution in [3.63, 3.8) is 0 Å². The second-order valence-corrected chi connectivity index (χ2v) is 7.60. The van der Waals surface area contributed by atoms with Crippen LogP contribution in [-0.2, 0) is 4.74 Å². The molecule has 110 valence electrons. The van der Waals surface area contributed by atoms with Crippen LogP contribution in [0, 0.1) is 0 Å². The Hall–Kier alpha value is -0.810. The lowest BCUT2D eigenvalue weighted by molar-refractivity contribution is -0.793. The van der Waals surface area contributed by atoms with Gasteiger partial charge in [-0.05, 0) is 41.5 Å². The van der Waals surface area contributed by atoms with Crippen molar-refractivity contribution >= 4 is 6.09 Å². The van der Waals surface area contributed by atoms with Crippen molar-refractivity contribution in [1.82, 2.24) is 4.90 Å². The van der Waals surface area contributed by atoms with Gasteiger partial charge in [0.2, 0.25) is 0 Å². The average molecular weight is 271 g/mol. The Morgan fingerprint density at radius 1 is 1.21 bits per heavy atom. The lowest BCUT2D eigenvalue weighted by Crippen LogP contribution is -3.07. The van der Waals surface area contributed by atoms with Gasteiger partial charge < -0.3 is 15.2 Å². The zero-order valence-corrected chi connectivity index (χ0v) is 12.9. The number of hydrogen-bond donors (Lipinski definition) is 2. The number of quaternary nitrogens is 1. The maximum absolute atomic E-state index is 12.0. The predicted octanol–water partition coefficient (Wildman–Crippen LogP) is 0.820. The molecule has 0 aliphatic carbocycles. The van der Waals surface area contributed by atoms with Gasteiger partial charge in [0.1, 0.15) is 0 Å². The van der Waals surface area contributed by atoms with E-state index in [2.05, 4.69) is 33.0 Å². The molecule has 1 spiro atoms. The van der Waals surface area contributed by atoms with E-state index < -0.39 is 17.4 Å². The molecule has 0 bridgehead atoms. The normalized spacial score (nSPS) is 35.5. The molecular weight excluding hydrogens is 244 g/mol. The van der Waals surface area contributed by atoms with Crippen molar-refractivity contribution in [3.05, 3.63) is 0 Å². The fourth-order valence-corrected chi connectivity index (χ4v) is 4.28. The summed E-state index contributed by atoms with van der Waals surface area (Å²) in [4.78, 5) is 13.5. The number of piperidine rings is 1. The van der Waals surface area contributed by atoms with E-state index >= 15 is 0 Å². The summed E-state index contributed by atoms with van der Waals surface area (Å²) in [5.41, 5.74) is -2.21. The molecule has 2 saturated heterocycles. The van der Waals surface area contributed by atoms with Gasteiger partial charge in [0, 0.05) is 19.4 Å². The number of carbonyl (C=O) groups excluding carboxylic acids is 1. The van der Waals surface area contributed by atoms with E-state index in [1.54, 1.807) is 6.92 Å². The van der Waals surface area contributed by atoms with Gasteiger partial charge in [-0.15, -0.1) is 0 Å². The lowest BCUT2D eigenvalue weighted by Gasteiger charge is -2.51. The van der Waals surface area contributed by atoms with Crippen molar-refractivity contribution in [1.29, 1.82) is 0 Å². The van der Waals surface area contributed by atoms with Gasteiger partial charge in [-0.25, -0.2) is 4.79 Å². The van der Waals surface area contributed by atoms with Gasteiger partial charge in [-0.3, -0.25) is 4.90 Å². The van der Waals surface area contributed by atoms with Crippen molar-refractivity contribution in [2.24, 2.45) is 0 Å². The second-order valence-electron chi connectivity index (χ2n) is 7.60. The lowest BCUT2D eigenvalue weighted by atomic mass is 9.68. The third-order valence-electron chi connectivity index (χ3n) is 4.47. The summed E-state index contributed by atoms with van der Waals surface area (Å²) in [6.07, 6.45) is 0.901. The molecule has 5 nitrogen and oxygen atoms in total. The molecule has 19 heavy (non-hydrogen) atoms. The van der Waals surface area contributed by atoms with Gasteiger partial charge in [0.25, 0.3) is 0 Å². The molecule has 2 fully saturated rings. The Bertz CT molecular complexity index is 385. The molecule has 2 heterocycles. The largest absolute Gasteiger partial charge is 0.437 e. The fraction of sp³-hybridized carbons (Fsp3) is 0.929. The zero-order chi connectivity index (χ0) is 14.7. The minimum absolute atomic E-state index is 0.0736. The summed E-state index contributed by atoms with van der Waals surface area (Å²) in [6.45, 7) is 12.6. The molecule has 2 rings (SSSR count). The molecule has 1 atom stereocenters. The highest BCUT2D eigenvalue weighted by molar-refractivity contribution is 5.72. The summed E-state index contributed by atoms with van der Waals surface area (Å²) < 4.78 is 5.70. The first-order chi connectivity index (χ1) is 8.45. The monoisotopic (exact) mass is 271 g/mol. The Balaban J connectivity index is 2.45. The second kappa shape index (κ2) is 3.85. The molecular formula is C14H27N2O3+. The fourth-order valence-electron chi connectivity index (χ4n) is 4.28. The van der Waals surface area contributed by atoms with Gasteiger partial charge in [0.15, 0.2) is 11.3 Å². The van der Waals surface area contributed by atoms with E-state index in [4.69, 9.17) is 4.74 Å². The van der Waals surface area contributed by atoms with Crippen LogP contribution >= 0.6 is 0 Å². The van der Waals surface area contributed by atoms with Crippen molar-refractivity contribution in [2.75, 3.05) is 6.54 Å². The summed E-state index contributed by atoms with van der Waals surface area (Å²) in [5, 5.41) is 13.2. The summed E-state index contributed by atoms with van der Waals surface area (Å²) in [7, 11) is 0. The third-order valence-corrected chi connectivity index (χ3v) is 4.47. The molecule has 0 aromatic rings. The predicted molar refractivity (Wildman–Crippen MR) is 71.5 cm³/mol. The highest BCUT2D eigenvalue weighted by atomic mass is 16.6. The van der Waals surface area contributed by atoms with Crippen LogP contribution in [0.5, 0.6) is 0 Å². The van der Waals surface area contributed by atoms with Crippen molar-refractivity contribution < 1.29 is 20.0 Å². The molecule has 0 saturated carbocycles. The van der Waals surface area contributed by atoms with Crippen LogP contribution in [0.3, 0.4) is 0 Å². The molecule has 0 radical (unpaired) electrons. The first-order valence-electron chi connectivity index (χ1n) is 7.05. The van der Waals surface area contributed by atoms with Crippen LogP contribution in [0.25, 0.3) is 0 Å². The topological polar surface area (TPSA) is 66.4 Å². The molecule has 1 unspecified atom stereocenters. The number of aliphatic hydroxyl groups is 1. The van der Waals surface area contributed by atoms with E-state index in [1.165, 1.54) is 4.90 Å². The molecule has 3 N–H and O–H groups in total. The number of nitrogens with zero attached hydrogens (tertiary/aromatic N) is 1. The molecule has 2 aliphatic heterocycles. The van der Waals surface area contributed by atoms with Crippen LogP contribution < -0.4 is 5.32 Å². The quantitative estimate of drug-likeness (QED) is 0.742. The van der Waals surface area contributed by atoms with Gasteiger partial charge >= 0.3 is 6.09 Å². The number of rotatable bonds is 1. The third kappa shape index (κ3) is 2.13. The number of carbonyl (C=O) groups is 1. The van der Waals surface area contributed by atoms with Gasteiger partial charge in [0.05, 0.1) is 11.1 Å². The molecule has 0 aromatic heterocycles. The molecule has 5 heteroatoms. The molecule has 1 amide bonds. The molecule has 0 aromatic carbocycles. The zero-order valence-electron chi connectivity index (χ0n) is 12.9. The highest BCUT2D eigenvalue weighted by Crippen LogP contribution is 2.47. The van der Waals surface area contributed by atoms with E-state index in [0.29, 0.717) is 19.4 Å². The summed E-state index contributed by atoms with van der Waals surface area (Å²) in [6, 6.07) is 0.